The van der Waals surface area contributed by atoms with Crippen molar-refractivity contribution < 1.29 is 17.7 Å². The van der Waals surface area contributed by atoms with Gasteiger partial charge >= 0.3 is 0 Å². The molecular formula is C14H12ClN3O4S2. The van der Waals surface area contributed by atoms with Gasteiger partial charge in [0.25, 0.3) is 10.0 Å². The zero-order chi connectivity index (χ0) is 17.2. The van der Waals surface area contributed by atoms with Crippen LogP contribution in [0.4, 0.5) is 0 Å². The number of halogens is 1. The lowest BCUT2D eigenvalue weighted by molar-refractivity contribution is 0.376. The van der Waals surface area contributed by atoms with Crippen molar-refractivity contribution in [3.63, 3.8) is 0 Å². The predicted octanol–water partition coefficient (Wildman–Crippen LogP) is 2.94. The van der Waals surface area contributed by atoms with Gasteiger partial charge in [0.1, 0.15) is 9.96 Å². The third kappa shape index (κ3) is 3.75. The highest BCUT2D eigenvalue weighted by molar-refractivity contribution is 7.91. The summed E-state index contributed by atoms with van der Waals surface area (Å²) in [6, 6.07) is 10.1. The standard InChI is InChI=1S/C14H12ClN3O4S2/c1-21-10-4-2-3-9(7-10)14-17-12(22-18-14)8-16-24(19,20)13-6-5-11(15)23-13/h2-7,16H,8H2,1H3. The zero-order valence-corrected chi connectivity index (χ0v) is 14.8. The average Bonchev–Trinajstić information content (AvgIpc) is 3.22. The van der Waals surface area contributed by atoms with Gasteiger partial charge < -0.3 is 9.26 Å². The van der Waals surface area contributed by atoms with Crippen molar-refractivity contribution in [2.75, 3.05) is 7.11 Å². The molecular weight excluding hydrogens is 374 g/mol. The van der Waals surface area contributed by atoms with Crippen molar-refractivity contribution in [1.29, 1.82) is 0 Å². The molecule has 0 saturated carbocycles. The van der Waals surface area contributed by atoms with E-state index in [2.05, 4.69) is 14.9 Å². The van der Waals surface area contributed by atoms with Crippen molar-refractivity contribution in [3.8, 4) is 17.1 Å². The molecule has 2 aromatic heterocycles. The molecule has 126 valence electrons. The monoisotopic (exact) mass is 385 g/mol. The first-order chi connectivity index (χ1) is 11.5. The summed E-state index contributed by atoms with van der Waals surface area (Å²) in [5, 5.41) is 3.84. The van der Waals surface area contributed by atoms with Gasteiger partial charge in [0.05, 0.1) is 18.0 Å². The van der Waals surface area contributed by atoms with Gasteiger partial charge in [-0.1, -0.05) is 28.9 Å². The van der Waals surface area contributed by atoms with E-state index in [4.69, 9.17) is 20.9 Å². The molecule has 0 radical (unpaired) electrons. The number of benzene rings is 1. The molecule has 10 heteroatoms. The maximum atomic E-state index is 12.1. The number of nitrogens with zero attached hydrogens (tertiary/aromatic N) is 2. The molecule has 0 spiro atoms. The molecule has 0 bridgehead atoms. The Kier molecular flexibility index (Phi) is 4.86. The second-order valence-electron chi connectivity index (χ2n) is 4.63. The average molecular weight is 386 g/mol. The molecule has 24 heavy (non-hydrogen) atoms. The minimum absolute atomic E-state index is 0.116. The molecule has 0 saturated heterocycles. The maximum absolute atomic E-state index is 12.1. The van der Waals surface area contributed by atoms with Gasteiger partial charge in [0.15, 0.2) is 0 Å². The van der Waals surface area contributed by atoms with E-state index in [9.17, 15) is 8.42 Å². The molecule has 0 aliphatic carbocycles. The fourth-order valence-electron chi connectivity index (χ4n) is 1.88. The highest BCUT2D eigenvalue weighted by atomic mass is 35.5. The molecule has 0 aliphatic heterocycles. The number of thiophene rings is 1. The molecule has 0 unspecified atom stereocenters. The Morgan fingerprint density at radius 1 is 1.33 bits per heavy atom. The molecule has 0 amide bonds. The topological polar surface area (TPSA) is 94.3 Å². The highest BCUT2D eigenvalue weighted by Crippen LogP contribution is 2.25. The number of ether oxygens (including phenoxy) is 1. The van der Waals surface area contributed by atoms with Gasteiger partial charge in [0, 0.05) is 5.56 Å². The summed E-state index contributed by atoms with van der Waals surface area (Å²) in [4.78, 5) is 4.17. The van der Waals surface area contributed by atoms with Crippen LogP contribution >= 0.6 is 22.9 Å². The van der Waals surface area contributed by atoms with Crippen molar-refractivity contribution in [2.24, 2.45) is 0 Å². The van der Waals surface area contributed by atoms with Crippen LogP contribution in [-0.4, -0.2) is 25.7 Å². The first kappa shape index (κ1) is 16.9. The SMILES string of the molecule is COc1cccc(-c2noc(CNS(=O)(=O)c3ccc(Cl)s3)n2)c1. The Morgan fingerprint density at radius 3 is 2.88 bits per heavy atom. The van der Waals surface area contributed by atoms with Crippen LogP contribution in [0, 0.1) is 0 Å². The number of sulfonamides is 1. The molecule has 1 aromatic carbocycles. The summed E-state index contributed by atoms with van der Waals surface area (Å²) in [6.07, 6.45) is 0. The fourth-order valence-corrected chi connectivity index (χ4v) is 4.38. The van der Waals surface area contributed by atoms with E-state index in [0.29, 0.717) is 21.5 Å². The Hall–Kier alpha value is -1.94. The van der Waals surface area contributed by atoms with E-state index in [1.54, 1.807) is 31.4 Å². The summed E-state index contributed by atoms with van der Waals surface area (Å²) in [5.41, 5.74) is 0.706. The summed E-state index contributed by atoms with van der Waals surface area (Å²) in [5.74, 6) is 1.16. The van der Waals surface area contributed by atoms with Crippen LogP contribution < -0.4 is 9.46 Å². The van der Waals surface area contributed by atoms with Crippen molar-refractivity contribution >= 4 is 33.0 Å². The molecule has 0 aliphatic rings. The van der Waals surface area contributed by atoms with Gasteiger partial charge in [-0.05, 0) is 24.3 Å². The largest absolute Gasteiger partial charge is 0.497 e. The maximum Gasteiger partial charge on any atom is 0.250 e. The van der Waals surface area contributed by atoms with Gasteiger partial charge in [-0.3, -0.25) is 0 Å². The lowest BCUT2D eigenvalue weighted by atomic mass is 10.2. The zero-order valence-electron chi connectivity index (χ0n) is 12.4. The first-order valence-corrected chi connectivity index (χ1v) is 9.38. The Labute approximate surface area is 147 Å². The number of hydrogen-bond donors (Lipinski definition) is 1. The first-order valence-electron chi connectivity index (χ1n) is 6.70. The molecule has 0 atom stereocenters. The van der Waals surface area contributed by atoms with Crippen molar-refractivity contribution in [2.45, 2.75) is 10.8 Å². The fraction of sp³-hybridized carbons (Fsp3) is 0.143. The molecule has 2 heterocycles. The Morgan fingerprint density at radius 2 is 2.17 bits per heavy atom. The summed E-state index contributed by atoms with van der Waals surface area (Å²) >= 11 is 6.73. The lowest BCUT2D eigenvalue weighted by Crippen LogP contribution is -2.22. The minimum Gasteiger partial charge on any atom is -0.497 e. The Balaban J connectivity index is 1.72. The quantitative estimate of drug-likeness (QED) is 0.701. The van der Waals surface area contributed by atoms with Gasteiger partial charge in [0.2, 0.25) is 11.7 Å². The van der Waals surface area contributed by atoms with Gasteiger partial charge in [-0.2, -0.15) is 4.98 Å². The summed E-state index contributed by atoms with van der Waals surface area (Å²) < 4.78 is 37.4. The third-order valence-corrected chi connectivity index (χ3v) is 6.15. The van der Waals surface area contributed by atoms with Crippen molar-refractivity contribution in [1.82, 2.24) is 14.9 Å². The number of aromatic nitrogens is 2. The van der Waals surface area contributed by atoms with E-state index in [-0.39, 0.29) is 16.6 Å². The van der Waals surface area contributed by atoms with Crippen LogP contribution in [0.2, 0.25) is 4.34 Å². The normalized spacial score (nSPS) is 11.6. The number of methoxy groups -OCH3 is 1. The number of rotatable bonds is 6. The van der Waals surface area contributed by atoms with Crippen LogP contribution in [0.1, 0.15) is 5.89 Å². The number of hydrogen-bond acceptors (Lipinski definition) is 7. The molecule has 1 N–H and O–H groups in total. The minimum atomic E-state index is -3.67. The predicted molar refractivity (Wildman–Crippen MR) is 89.6 cm³/mol. The van der Waals surface area contributed by atoms with E-state index in [0.717, 1.165) is 11.3 Å². The van der Waals surface area contributed by atoms with Crippen LogP contribution in [0.25, 0.3) is 11.4 Å². The lowest BCUT2D eigenvalue weighted by Gasteiger charge is -2.01. The molecule has 3 rings (SSSR count). The second-order valence-corrected chi connectivity index (χ2v) is 8.34. The highest BCUT2D eigenvalue weighted by Gasteiger charge is 2.18. The van der Waals surface area contributed by atoms with Crippen LogP contribution in [0.5, 0.6) is 5.75 Å². The van der Waals surface area contributed by atoms with Crippen LogP contribution in [0.3, 0.4) is 0 Å². The molecule has 0 fully saturated rings. The van der Waals surface area contributed by atoms with E-state index >= 15 is 0 Å². The Bertz CT molecular complexity index is 952. The van der Waals surface area contributed by atoms with E-state index in [1.165, 1.54) is 12.1 Å². The third-order valence-electron chi connectivity index (χ3n) is 3.02. The summed E-state index contributed by atoms with van der Waals surface area (Å²) in [7, 11) is -2.11. The van der Waals surface area contributed by atoms with Crippen LogP contribution in [0.15, 0.2) is 45.1 Å². The van der Waals surface area contributed by atoms with Crippen molar-refractivity contribution in [3.05, 3.63) is 46.6 Å². The van der Waals surface area contributed by atoms with E-state index < -0.39 is 10.0 Å². The van der Waals surface area contributed by atoms with Crippen LogP contribution in [-0.2, 0) is 16.6 Å². The second kappa shape index (κ2) is 6.89. The summed E-state index contributed by atoms with van der Waals surface area (Å²) in [6.45, 7) is -0.116. The van der Waals surface area contributed by atoms with Gasteiger partial charge in [-0.25, -0.2) is 13.1 Å². The number of nitrogens with one attached hydrogen (secondary N) is 1. The molecule has 3 aromatic rings. The molecule has 7 nitrogen and oxygen atoms in total. The smallest absolute Gasteiger partial charge is 0.250 e. The van der Waals surface area contributed by atoms with E-state index in [1.807, 2.05) is 0 Å². The van der Waals surface area contributed by atoms with Gasteiger partial charge in [-0.15, -0.1) is 11.3 Å².